The summed E-state index contributed by atoms with van der Waals surface area (Å²) in [6.45, 7) is 0. The van der Waals surface area contributed by atoms with Crippen LogP contribution in [0.4, 0.5) is 10.5 Å². The van der Waals surface area contributed by atoms with E-state index in [9.17, 15) is 14.4 Å². The van der Waals surface area contributed by atoms with E-state index in [0.29, 0.717) is 28.7 Å². The molecular weight excluding hydrogens is 404 g/mol. The van der Waals surface area contributed by atoms with E-state index in [1.807, 2.05) is 6.07 Å². The first-order valence-electron chi connectivity index (χ1n) is 9.99. The number of rotatable bonds is 3. The molecule has 5 rings (SSSR count). The molecule has 8 heteroatoms. The van der Waals surface area contributed by atoms with Gasteiger partial charge in [-0.25, -0.2) is 4.79 Å². The van der Waals surface area contributed by atoms with E-state index in [0.717, 1.165) is 24.8 Å². The monoisotopic (exact) mass is 424 g/mol. The first kappa shape index (κ1) is 19.1. The van der Waals surface area contributed by atoms with Crippen molar-refractivity contribution in [1.82, 2.24) is 15.2 Å². The molecule has 3 atom stereocenters. The Morgan fingerprint density at radius 2 is 2.10 bits per heavy atom. The minimum Gasteiger partial charge on any atom is -0.321 e. The summed E-state index contributed by atoms with van der Waals surface area (Å²) in [6.07, 6.45) is 4.82. The fraction of sp³-hybridized carbons (Fsp3) is 0.364. The minimum absolute atomic E-state index is 0.235. The molecule has 0 radical (unpaired) electrons. The molecule has 1 aromatic heterocycles. The summed E-state index contributed by atoms with van der Waals surface area (Å²) >= 11 is 6.72. The van der Waals surface area contributed by atoms with Gasteiger partial charge in [0, 0.05) is 29.4 Å². The number of carbonyl (C=O) groups is 3. The molecule has 2 saturated carbocycles. The lowest BCUT2D eigenvalue weighted by Crippen LogP contribution is -2.60. The van der Waals surface area contributed by atoms with Crippen LogP contribution in [0.1, 0.15) is 41.7 Å². The molecule has 154 valence electrons. The number of halogens is 1. The number of amides is 4. The number of hydrogen-bond donors (Lipinski definition) is 2. The second kappa shape index (κ2) is 6.54. The van der Waals surface area contributed by atoms with Crippen molar-refractivity contribution in [2.75, 3.05) is 12.4 Å². The summed E-state index contributed by atoms with van der Waals surface area (Å²) in [4.78, 5) is 43.3. The largest absolute Gasteiger partial charge is 0.324 e. The van der Waals surface area contributed by atoms with Crippen LogP contribution in [0.15, 0.2) is 42.6 Å². The molecule has 1 aromatic carbocycles. The minimum atomic E-state index is -0.907. The zero-order valence-electron chi connectivity index (χ0n) is 16.4. The summed E-state index contributed by atoms with van der Waals surface area (Å²) < 4.78 is 0. The average molecular weight is 425 g/mol. The maximum Gasteiger partial charge on any atom is 0.324 e. The fourth-order valence-corrected chi connectivity index (χ4v) is 6.19. The Morgan fingerprint density at radius 3 is 2.73 bits per heavy atom. The predicted octanol–water partition coefficient (Wildman–Crippen LogP) is 3.35. The Bertz CT molecular complexity index is 1080. The Hall–Kier alpha value is -2.93. The van der Waals surface area contributed by atoms with Gasteiger partial charge >= 0.3 is 6.03 Å². The van der Waals surface area contributed by atoms with E-state index in [1.54, 1.807) is 48.5 Å². The summed E-state index contributed by atoms with van der Waals surface area (Å²) in [6, 6.07) is 10.2. The molecule has 30 heavy (non-hydrogen) atoms. The van der Waals surface area contributed by atoms with Crippen molar-refractivity contribution in [3.63, 3.8) is 0 Å². The molecule has 7 nitrogen and oxygen atoms in total. The molecule has 3 unspecified atom stereocenters. The predicted molar refractivity (Wildman–Crippen MR) is 111 cm³/mol. The summed E-state index contributed by atoms with van der Waals surface area (Å²) in [7, 11) is 1.69. The van der Waals surface area contributed by atoms with Gasteiger partial charge in [0.2, 0.25) is 0 Å². The fourth-order valence-electron chi connectivity index (χ4n) is 5.83. The molecule has 3 fully saturated rings. The number of carbonyl (C=O) groups excluding carboxylic acids is 3. The molecule has 2 aromatic rings. The van der Waals surface area contributed by atoms with E-state index in [2.05, 4.69) is 15.6 Å². The van der Waals surface area contributed by atoms with Crippen molar-refractivity contribution in [2.24, 2.45) is 5.92 Å². The van der Waals surface area contributed by atoms with Crippen LogP contribution in [0, 0.1) is 5.92 Å². The van der Waals surface area contributed by atoms with Crippen molar-refractivity contribution in [1.29, 1.82) is 0 Å². The molecule has 1 saturated heterocycles. The second-order valence-corrected chi connectivity index (χ2v) is 8.84. The maximum atomic E-state index is 13.0. The number of benzene rings is 1. The number of likely N-dealkylation sites (N-methyl/N-ethyl adjacent to an activating group) is 1. The number of urea groups is 1. The van der Waals surface area contributed by atoms with Gasteiger partial charge in [-0.15, -0.1) is 0 Å². The summed E-state index contributed by atoms with van der Waals surface area (Å²) in [5.74, 6) is -0.180. The van der Waals surface area contributed by atoms with Gasteiger partial charge in [0.1, 0.15) is 11.2 Å². The normalized spacial score (nSPS) is 29.5. The van der Waals surface area contributed by atoms with E-state index >= 15 is 0 Å². The number of imide groups is 1. The van der Waals surface area contributed by atoms with Crippen molar-refractivity contribution in [2.45, 2.75) is 36.6 Å². The number of anilines is 1. The van der Waals surface area contributed by atoms with Gasteiger partial charge in [0.25, 0.3) is 11.8 Å². The van der Waals surface area contributed by atoms with Crippen molar-refractivity contribution < 1.29 is 14.4 Å². The number of aromatic nitrogens is 1. The number of fused-ring (bicyclic) bond motifs is 3. The van der Waals surface area contributed by atoms with Crippen LogP contribution in [0.2, 0.25) is 5.02 Å². The van der Waals surface area contributed by atoms with Crippen molar-refractivity contribution in [3.05, 3.63) is 58.9 Å². The third kappa shape index (κ3) is 2.45. The van der Waals surface area contributed by atoms with Gasteiger partial charge in [-0.3, -0.25) is 19.9 Å². The average Bonchev–Trinajstić information content (AvgIpc) is 3.37. The molecule has 1 aliphatic heterocycles. The van der Waals surface area contributed by atoms with Gasteiger partial charge in [-0.2, -0.15) is 0 Å². The van der Waals surface area contributed by atoms with E-state index in [1.165, 1.54) is 0 Å². The van der Waals surface area contributed by atoms with Crippen LogP contribution in [0.3, 0.4) is 0 Å². The molecule has 3 aliphatic rings. The topological polar surface area (TPSA) is 91.4 Å². The molecule has 2 aliphatic carbocycles. The van der Waals surface area contributed by atoms with Gasteiger partial charge < -0.3 is 10.2 Å². The second-order valence-electron chi connectivity index (χ2n) is 8.44. The first-order chi connectivity index (χ1) is 14.4. The zero-order chi connectivity index (χ0) is 21.1. The quantitative estimate of drug-likeness (QED) is 0.739. The van der Waals surface area contributed by atoms with Gasteiger partial charge in [-0.05, 0) is 61.4 Å². The van der Waals surface area contributed by atoms with Crippen LogP contribution in [0.25, 0.3) is 0 Å². The molecule has 2 bridgehead atoms. The molecular formula is C22H21ClN4O3. The lowest BCUT2D eigenvalue weighted by atomic mass is 9.64. The highest BCUT2D eigenvalue weighted by molar-refractivity contribution is 6.32. The Morgan fingerprint density at radius 1 is 1.27 bits per heavy atom. The molecule has 2 heterocycles. The Labute approximate surface area is 178 Å². The van der Waals surface area contributed by atoms with Crippen LogP contribution < -0.4 is 10.6 Å². The lowest BCUT2D eigenvalue weighted by molar-refractivity contribution is -0.129. The number of pyridine rings is 1. The van der Waals surface area contributed by atoms with Crippen molar-refractivity contribution in [3.8, 4) is 0 Å². The van der Waals surface area contributed by atoms with Crippen LogP contribution in [-0.4, -0.2) is 40.3 Å². The van der Waals surface area contributed by atoms with E-state index in [4.69, 9.17) is 11.6 Å². The highest BCUT2D eigenvalue weighted by Crippen LogP contribution is 2.64. The smallest absolute Gasteiger partial charge is 0.321 e. The van der Waals surface area contributed by atoms with Gasteiger partial charge in [0.05, 0.1) is 0 Å². The molecule has 1 spiro atoms. The number of nitrogens with zero attached hydrogens (tertiary/aromatic N) is 2. The Balaban J connectivity index is 1.51. The van der Waals surface area contributed by atoms with E-state index < -0.39 is 11.0 Å². The Kier molecular flexibility index (Phi) is 4.15. The van der Waals surface area contributed by atoms with Gasteiger partial charge in [0.15, 0.2) is 0 Å². The number of hydrogen-bond acceptors (Lipinski definition) is 4. The third-order valence-corrected chi connectivity index (χ3v) is 7.42. The highest BCUT2D eigenvalue weighted by Gasteiger charge is 2.71. The summed E-state index contributed by atoms with van der Waals surface area (Å²) in [5.41, 5.74) is 0.292. The molecule has 4 amide bonds. The SMILES string of the molecule is CN1C(=O)NC(=O)C12CC1CCC2(c2ccc(NC(=O)c3ccccn3)cc2Cl)C1. The van der Waals surface area contributed by atoms with Crippen LogP contribution in [-0.2, 0) is 10.2 Å². The third-order valence-electron chi connectivity index (χ3n) is 7.11. The molecule has 2 N–H and O–H groups in total. The summed E-state index contributed by atoms with van der Waals surface area (Å²) in [5, 5.41) is 5.79. The highest BCUT2D eigenvalue weighted by atomic mass is 35.5. The first-order valence-corrected chi connectivity index (χ1v) is 10.4. The van der Waals surface area contributed by atoms with E-state index in [-0.39, 0.29) is 17.8 Å². The van der Waals surface area contributed by atoms with Crippen molar-refractivity contribution >= 4 is 35.1 Å². The van der Waals surface area contributed by atoms with Gasteiger partial charge in [-0.1, -0.05) is 23.7 Å². The van der Waals surface area contributed by atoms with Crippen LogP contribution >= 0.6 is 11.6 Å². The standard InChI is InChI=1S/C22H21ClN4O3/c1-27-20(30)26-19(29)22(27)12-13-7-8-21(22,11-13)15-6-5-14(10-16(15)23)25-18(28)17-4-2-3-9-24-17/h2-6,9-10,13H,7-8,11-12H2,1H3,(H,25,28)(H,26,29,30). The zero-order valence-corrected chi connectivity index (χ0v) is 17.2. The number of nitrogens with one attached hydrogen (secondary N) is 2. The van der Waals surface area contributed by atoms with Crippen LogP contribution in [0.5, 0.6) is 0 Å². The maximum absolute atomic E-state index is 13.0. The lowest BCUT2D eigenvalue weighted by Gasteiger charge is -2.46.